The van der Waals surface area contributed by atoms with E-state index in [9.17, 15) is 18.3 Å². The van der Waals surface area contributed by atoms with E-state index in [0.29, 0.717) is 0 Å². The van der Waals surface area contributed by atoms with Crippen molar-refractivity contribution < 1.29 is 18.3 Å². The number of aromatic nitrogens is 2. The molecule has 0 saturated carbocycles. The summed E-state index contributed by atoms with van der Waals surface area (Å²) in [6, 6.07) is 11.5. The lowest BCUT2D eigenvalue weighted by Crippen LogP contribution is -2.42. The lowest BCUT2D eigenvalue weighted by atomic mass is 9.85. The van der Waals surface area contributed by atoms with Crippen LogP contribution in [0.1, 0.15) is 16.7 Å². The summed E-state index contributed by atoms with van der Waals surface area (Å²) in [5.41, 5.74) is 3.07. The van der Waals surface area contributed by atoms with Gasteiger partial charge in [0, 0.05) is 16.8 Å². The molecule has 1 unspecified atom stereocenters. The van der Waals surface area contributed by atoms with Crippen LogP contribution in [0.4, 0.5) is 0 Å². The van der Waals surface area contributed by atoms with Gasteiger partial charge in [-0.15, -0.1) is 0 Å². The number of sulfonamides is 1. The van der Waals surface area contributed by atoms with E-state index in [1.54, 1.807) is 6.07 Å². The number of rotatable bonds is 5. The number of nitrogens with two attached hydrogens (primary N) is 2. The van der Waals surface area contributed by atoms with Gasteiger partial charge in [0.1, 0.15) is 11.0 Å². The third kappa shape index (κ3) is 3.59. The maximum absolute atomic E-state index is 12.2. The maximum atomic E-state index is 12.2. The van der Waals surface area contributed by atoms with Crippen LogP contribution >= 0.6 is 11.6 Å². The van der Waals surface area contributed by atoms with E-state index in [4.69, 9.17) is 27.7 Å². The highest BCUT2D eigenvalue weighted by Gasteiger charge is 2.40. The Morgan fingerprint density at radius 2 is 1.97 bits per heavy atom. The first-order valence-corrected chi connectivity index (χ1v) is 9.91. The number of primary amides is 1. The molecule has 1 aromatic heterocycles. The molecule has 5 N–H and O–H groups in total. The minimum absolute atomic E-state index is 0.0173. The molecule has 1 atom stereocenters. The van der Waals surface area contributed by atoms with E-state index >= 15 is 0 Å². The van der Waals surface area contributed by atoms with Crippen molar-refractivity contribution in [3.63, 3.8) is 0 Å². The molecule has 11 heteroatoms. The molecule has 0 aliphatic rings. The van der Waals surface area contributed by atoms with Crippen LogP contribution < -0.4 is 10.9 Å². The summed E-state index contributed by atoms with van der Waals surface area (Å²) in [6.07, 6.45) is 2.54. The zero-order valence-electron chi connectivity index (χ0n) is 14.7. The summed E-state index contributed by atoms with van der Waals surface area (Å²) < 4.78 is 25.5. The number of primary sulfonamides is 1. The van der Waals surface area contributed by atoms with Crippen LogP contribution in [0.15, 0.2) is 59.8 Å². The van der Waals surface area contributed by atoms with Gasteiger partial charge in [-0.2, -0.15) is 10.4 Å². The Morgan fingerprint density at radius 3 is 2.52 bits per heavy atom. The van der Waals surface area contributed by atoms with E-state index in [1.165, 1.54) is 42.7 Å². The van der Waals surface area contributed by atoms with Crippen LogP contribution in [0.3, 0.4) is 0 Å². The largest absolute Gasteiger partial charge is 0.372 e. The lowest BCUT2D eigenvalue weighted by Gasteiger charge is -2.27. The Balaban J connectivity index is 2.29. The lowest BCUT2D eigenvalue weighted by molar-refractivity contribution is -0.133. The number of nitriles is 1. The summed E-state index contributed by atoms with van der Waals surface area (Å²) >= 11 is 6.12. The number of nitrogens with zero attached hydrogens (tertiary/aromatic N) is 3. The van der Waals surface area contributed by atoms with Crippen molar-refractivity contribution >= 4 is 27.5 Å². The number of hydrogen-bond acceptors (Lipinski definition) is 6. The summed E-state index contributed by atoms with van der Waals surface area (Å²) in [4.78, 5) is 11.8. The average molecular weight is 432 g/mol. The van der Waals surface area contributed by atoms with Crippen LogP contribution in [0.5, 0.6) is 0 Å². The molecule has 29 heavy (non-hydrogen) atoms. The van der Waals surface area contributed by atoms with Gasteiger partial charge in [-0.1, -0.05) is 35.9 Å². The van der Waals surface area contributed by atoms with Gasteiger partial charge in [-0.25, -0.2) is 18.2 Å². The number of carbonyl (C=O) groups is 1. The third-order valence-electron chi connectivity index (χ3n) is 4.26. The van der Waals surface area contributed by atoms with Crippen LogP contribution in [0.2, 0.25) is 5.02 Å². The van der Waals surface area contributed by atoms with E-state index in [2.05, 4.69) is 5.10 Å². The van der Waals surface area contributed by atoms with Crippen molar-refractivity contribution in [3.8, 4) is 11.8 Å². The zero-order valence-corrected chi connectivity index (χ0v) is 16.2. The van der Waals surface area contributed by atoms with Gasteiger partial charge in [-0.3, -0.25) is 4.79 Å². The van der Waals surface area contributed by atoms with E-state index in [0.717, 1.165) is 10.7 Å². The molecule has 0 radical (unpaired) electrons. The molecule has 0 fully saturated rings. The molecule has 0 spiro atoms. The molecular formula is C18H14ClN5O4S. The molecule has 148 valence electrons. The van der Waals surface area contributed by atoms with Crippen molar-refractivity contribution in [2.75, 3.05) is 0 Å². The van der Waals surface area contributed by atoms with E-state index in [1.807, 2.05) is 6.07 Å². The Hall–Kier alpha value is -3.23. The molecule has 9 nitrogen and oxygen atoms in total. The fourth-order valence-electron chi connectivity index (χ4n) is 2.85. The molecule has 0 bridgehead atoms. The molecular weight excluding hydrogens is 418 g/mol. The first kappa shape index (κ1) is 20.5. The van der Waals surface area contributed by atoms with Crippen molar-refractivity contribution in [1.29, 1.82) is 5.26 Å². The minimum atomic E-state index is -4.32. The Labute approximate surface area is 170 Å². The quantitative estimate of drug-likeness (QED) is 0.539. The molecule has 3 aromatic rings. The second-order valence-corrected chi connectivity index (χ2v) is 8.00. The number of aliphatic hydroxyl groups is 1. The summed E-state index contributed by atoms with van der Waals surface area (Å²) in [7, 11) is -4.32. The van der Waals surface area contributed by atoms with Crippen molar-refractivity contribution in [1.82, 2.24) is 9.78 Å². The third-order valence-corrected chi connectivity index (χ3v) is 5.53. The molecule has 3 rings (SSSR count). The molecule has 0 aliphatic carbocycles. The number of hydrogen-bond donors (Lipinski definition) is 3. The van der Waals surface area contributed by atoms with Crippen LogP contribution in [0, 0.1) is 11.3 Å². The second kappa shape index (κ2) is 7.31. The highest BCUT2D eigenvalue weighted by atomic mass is 35.5. The number of halogens is 1. The topological polar surface area (TPSA) is 165 Å². The molecule has 0 saturated heterocycles. The normalized spacial score (nSPS) is 13.4. The minimum Gasteiger partial charge on any atom is -0.372 e. The van der Waals surface area contributed by atoms with Gasteiger partial charge >= 0.3 is 0 Å². The van der Waals surface area contributed by atoms with Gasteiger partial charge in [0.25, 0.3) is 5.91 Å². The predicted molar refractivity (Wildman–Crippen MR) is 103 cm³/mol. The standard InChI is InChI=1S/C18H14ClN5O4S/c19-14-4-2-1-3-13(14)18(26,17(21)25)12-5-6-15(16(7-12)29(22,27)28)24-10-11(8-20)9-23-24/h1-7,9-10,26H,(H2,21,25)(H2,22,27,28). The summed E-state index contributed by atoms with van der Waals surface area (Å²) in [5.74, 6) is -1.16. The van der Waals surface area contributed by atoms with Crippen LogP contribution in [-0.4, -0.2) is 29.2 Å². The predicted octanol–water partition coefficient (Wildman–Crippen LogP) is 0.766. The van der Waals surface area contributed by atoms with Gasteiger partial charge in [0.05, 0.1) is 17.4 Å². The maximum Gasteiger partial charge on any atom is 0.258 e. The number of benzene rings is 2. The molecule has 0 aliphatic heterocycles. The highest BCUT2D eigenvalue weighted by molar-refractivity contribution is 7.89. The fourth-order valence-corrected chi connectivity index (χ4v) is 3.87. The first-order chi connectivity index (χ1) is 13.6. The average Bonchev–Trinajstić information content (AvgIpc) is 3.15. The molecule has 1 amide bonds. The van der Waals surface area contributed by atoms with Gasteiger partial charge in [-0.05, 0) is 23.8 Å². The smallest absolute Gasteiger partial charge is 0.258 e. The van der Waals surface area contributed by atoms with Crippen LogP contribution in [-0.2, 0) is 20.4 Å². The Bertz CT molecular complexity index is 1270. The zero-order chi connectivity index (χ0) is 21.4. The second-order valence-electron chi connectivity index (χ2n) is 6.07. The van der Waals surface area contributed by atoms with E-state index in [-0.39, 0.29) is 27.4 Å². The Kier molecular flexibility index (Phi) is 5.16. The highest BCUT2D eigenvalue weighted by Crippen LogP contribution is 2.36. The molecule has 1 heterocycles. The molecule has 2 aromatic carbocycles. The van der Waals surface area contributed by atoms with Crippen molar-refractivity contribution in [2.45, 2.75) is 10.5 Å². The van der Waals surface area contributed by atoms with E-state index < -0.39 is 26.4 Å². The number of carbonyl (C=O) groups excluding carboxylic acids is 1. The van der Waals surface area contributed by atoms with Crippen molar-refractivity contribution in [2.24, 2.45) is 10.9 Å². The summed E-state index contributed by atoms with van der Waals surface area (Å²) in [5, 5.41) is 29.4. The van der Waals surface area contributed by atoms with Crippen LogP contribution in [0.25, 0.3) is 5.69 Å². The monoisotopic (exact) mass is 431 g/mol. The van der Waals surface area contributed by atoms with Gasteiger partial charge < -0.3 is 10.8 Å². The fraction of sp³-hybridized carbons (Fsp3) is 0.0556. The first-order valence-electron chi connectivity index (χ1n) is 7.98. The van der Waals surface area contributed by atoms with Crippen molar-refractivity contribution in [3.05, 3.63) is 76.6 Å². The number of amides is 1. The summed E-state index contributed by atoms with van der Waals surface area (Å²) in [6.45, 7) is 0. The van der Waals surface area contributed by atoms with Gasteiger partial charge in [0.2, 0.25) is 10.0 Å². The SMILES string of the molecule is N#Cc1cnn(-c2ccc(C(O)(C(N)=O)c3ccccc3Cl)cc2S(N)(=O)=O)c1. The Morgan fingerprint density at radius 1 is 1.28 bits per heavy atom. The van der Waals surface area contributed by atoms with Gasteiger partial charge in [0.15, 0.2) is 5.60 Å².